The molecule has 6 nitrogen and oxygen atoms in total. The molecule has 0 unspecified atom stereocenters. The van der Waals surface area contributed by atoms with Crippen molar-refractivity contribution in [3.8, 4) is 5.75 Å². The molecule has 6 heteroatoms. The van der Waals surface area contributed by atoms with E-state index < -0.39 is 17.9 Å². The van der Waals surface area contributed by atoms with Crippen LogP contribution >= 0.6 is 0 Å². The molecule has 2 rings (SSSR count). The van der Waals surface area contributed by atoms with Crippen molar-refractivity contribution in [2.75, 3.05) is 0 Å². The van der Waals surface area contributed by atoms with Gasteiger partial charge in [-0.2, -0.15) is 0 Å². The maximum atomic E-state index is 12.2. The first kappa shape index (κ1) is 19.2. The Labute approximate surface area is 151 Å². The van der Waals surface area contributed by atoms with Crippen molar-refractivity contribution < 1.29 is 28.9 Å². The quantitative estimate of drug-likeness (QED) is 0.337. The SMILES string of the molecule is CCC(CC)C(=O)Oc1ccccc1C(=O)OOC(=O)c1ccccc1. The highest BCUT2D eigenvalue weighted by Gasteiger charge is 2.22. The minimum Gasteiger partial charge on any atom is -0.425 e. The molecule has 0 aliphatic carbocycles. The van der Waals surface area contributed by atoms with Crippen molar-refractivity contribution in [2.45, 2.75) is 26.7 Å². The molecule has 136 valence electrons. The lowest BCUT2D eigenvalue weighted by Gasteiger charge is -2.13. The van der Waals surface area contributed by atoms with E-state index in [1.54, 1.807) is 30.3 Å². The largest absolute Gasteiger partial charge is 0.425 e. The maximum absolute atomic E-state index is 12.2. The van der Waals surface area contributed by atoms with Gasteiger partial charge in [0.2, 0.25) is 0 Å². The lowest BCUT2D eigenvalue weighted by Crippen LogP contribution is -2.21. The Bertz CT molecular complexity index is 765. The molecule has 0 spiro atoms. The Hall–Kier alpha value is -3.15. The Kier molecular flexibility index (Phi) is 6.91. The summed E-state index contributed by atoms with van der Waals surface area (Å²) in [6, 6.07) is 14.2. The van der Waals surface area contributed by atoms with Gasteiger partial charge in [-0.05, 0) is 37.1 Å². The molecule has 0 N–H and O–H groups in total. The van der Waals surface area contributed by atoms with Gasteiger partial charge in [-0.3, -0.25) is 4.79 Å². The van der Waals surface area contributed by atoms with E-state index in [0.717, 1.165) is 0 Å². The van der Waals surface area contributed by atoms with Gasteiger partial charge in [0.1, 0.15) is 11.3 Å². The monoisotopic (exact) mass is 356 g/mol. The first-order chi connectivity index (χ1) is 12.6. The highest BCUT2D eigenvalue weighted by Crippen LogP contribution is 2.22. The van der Waals surface area contributed by atoms with Crippen LogP contribution in [0.25, 0.3) is 0 Å². The zero-order chi connectivity index (χ0) is 18.9. The van der Waals surface area contributed by atoms with Crippen LogP contribution in [0.3, 0.4) is 0 Å². The van der Waals surface area contributed by atoms with Crippen LogP contribution in [0.4, 0.5) is 0 Å². The fraction of sp³-hybridized carbons (Fsp3) is 0.250. The highest BCUT2D eigenvalue weighted by atomic mass is 17.2. The predicted molar refractivity (Wildman–Crippen MR) is 93.4 cm³/mol. The predicted octanol–water partition coefficient (Wildman–Crippen LogP) is 3.96. The number of hydrogen-bond donors (Lipinski definition) is 0. The maximum Gasteiger partial charge on any atom is 0.390 e. The van der Waals surface area contributed by atoms with Crippen LogP contribution in [-0.2, 0) is 14.6 Å². The second-order valence-corrected chi connectivity index (χ2v) is 5.54. The lowest BCUT2D eigenvalue weighted by molar-refractivity contribution is -0.187. The summed E-state index contributed by atoms with van der Waals surface area (Å²) in [7, 11) is 0. The van der Waals surface area contributed by atoms with E-state index in [0.29, 0.717) is 12.8 Å². The van der Waals surface area contributed by atoms with Crippen molar-refractivity contribution in [3.63, 3.8) is 0 Å². The molecular weight excluding hydrogens is 336 g/mol. The number of ether oxygens (including phenoxy) is 1. The van der Waals surface area contributed by atoms with Gasteiger partial charge in [0.05, 0.1) is 11.5 Å². The lowest BCUT2D eigenvalue weighted by atomic mass is 10.0. The molecule has 0 saturated heterocycles. The van der Waals surface area contributed by atoms with Crippen LogP contribution in [0, 0.1) is 5.92 Å². The number of benzene rings is 2. The van der Waals surface area contributed by atoms with E-state index in [1.807, 2.05) is 13.8 Å². The average Bonchev–Trinajstić information content (AvgIpc) is 2.68. The van der Waals surface area contributed by atoms with Gasteiger partial charge in [-0.25, -0.2) is 19.4 Å². The zero-order valence-corrected chi connectivity index (χ0v) is 14.6. The van der Waals surface area contributed by atoms with Gasteiger partial charge >= 0.3 is 17.9 Å². The average molecular weight is 356 g/mol. The Morgan fingerprint density at radius 1 is 0.808 bits per heavy atom. The summed E-state index contributed by atoms with van der Waals surface area (Å²) >= 11 is 0. The molecule has 0 aliphatic rings. The third-order valence-electron chi connectivity index (χ3n) is 3.84. The molecule has 0 fully saturated rings. The summed E-state index contributed by atoms with van der Waals surface area (Å²) in [5.74, 6) is -2.34. The summed E-state index contributed by atoms with van der Waals surface area (Å²) in [6.45, 7) is 3.78. The standard InChI is InChI=1S/C20H20O6/c1-3-14(4-2)18(21)24-17-13-9-8-12-16(17)20(23)26-25-19(22)15-10-6-5-7-11-15/h5-14H,3-4H2,1-2H3. The Morgan fingerprint density at radius 3 is 2.04 bits per heavy atom. The molecule has 0 bridgehead atoms. The topological polar surface area (TPSA) is 78.9 Å². The normalized spacial score (nSPS) is 10.3. The first-order valence-electron chi connectivity index (χ1n) is 8.35. The van der Waals surface area contributed by atoms with Gasteiger partial charge in [0.25, 0.3) is 0 Å². The van der Waals surface area contributed by atoms with E-state index in [-0.39, 0.29) is 22.8 Å². The number of rotatable bonds is 6. The second kappa shape index (κ2) is 9.36. The molecule has 26 heavy (non-hydrogen) atoms. The second-order valence-electron chi connectivity index (χ2n) is 5.54. The summed E-state index contributed by atoms with van der Waals surface area (Å²) in [5.41, 5.74) is 0.237. The van der Waals surface area contributed by atoms with Crippen molar-refractivity contribution >= 4 is 17.9 Å². The van der Waals surface area contributed by atoms with Gasteiger partial charge in [0.15, 0.2) is 0 Å². The molecule has 0 heterocycles. The summed E-state index contributed by atoms with van der Waals surface area (Å²) < 4.78 is 5.32. The molecule has 2 aromatic carbocycles. The van der Waals surface area contributed by atoms with Crippen molar-refractivity contribution in [3.05, 3.63) is 65.7 Å². The van der Waals surface area contributed by atoms with Gasteiger partial charge in [-0.15, -0.1) is 0 Å². The van der Waals surface area contributed by atoms with Gasteiger partial charge in [-0.1, -0.05) is 44.2 Å². The number of carbonyl (C=O) groups excluding carboxylic acids is 3. The van der Waals surface area contributed by atoms with Gasteiger partial charge in [0, 0.05) is 0 Å². The van der Waals surface area contributed by atoms with E-state index in [4.69, 9.17) is 4.74 Å². The van der Waals surface area contributed by atoms with E-state index in [1.165, 1.54) is 24.3 Å². The highest BCUT2D eigenvalue weighted by molar-refractivity contribution is 5.94. The van der Waals surface area contributed by atoms with E-state index >= 15 is 0 Å². The number of esters is 1. The van der Waals surface area contributed by atoms with Crippen LogP contribution in [0.1, 0.15) is 47.4 Å². The Balaban J connectivity index is 2.05. The third kappa shape index (κ3) is 4.92. The van der Waals surface area contributed by atoms with E-state index in [2.05, 4.69) is 9.78 Å². The molecule has 2 aromatic rings. The van der Waals surface area contributed by atoms with Crippen LogP contribution in [0.2, 0.25) is 0 Å². The fourth-order valence-corrected chi connectivity index (χ4v) is 2.28. The van der Waals surface area contributed by atoms with Gasteiger partial charge < -0.3 is 4.74 Å². The van der Waals surface area contributed by atoms with Crippen molar-refractivity contribution in [1.82, 2.24) is 0 Å². The van der Waals surface area contributed by atoms with Crippen molar-refractivity contribution in [1.29, 1.82) is 0 Å². The third-order valence-corrected chi connectivity index (χ3v) is 3.84. The van der Waals surface area contributed by atoms with Crippen LogP contribution in [0.5, 0.6) is 5.75 Å². The van der Waals surface area contributed by atoms with Crippen LogP contribution < -0.4 is 4.74 Å². The Morgan fingerprint density at radius 2 is 1.38 bits per heavy atom. The molecule has 0 aliphatic heterocycles. The molecule has 0 radical (unpaired) electrons. The number of para-hydroxylation sites is 1. The fourth-order valence-electron chi connectivity index (χ4n) is 2.28. The van der Waals surface area contributed by atoms with Crippen molar-refractivity contribution in [2.24, 2.45) is 5.92 Å². The smallest absolute Gasteiger partial charge is 0.390 e. The zero-order valence-electron chi connectivity index (χ0n) is 14.6. The number of hydrogen-bond acceptors (Lipinski definition) is 6. The molecule has 0 amide bonds. The minimum absolute atomic E-state index is 0.00679. The molecule has 0 aromatic heterocycles. The van der Waals surface area contributed by atoms with Crippen LogP contribution in [0.15, 0.2) is 54.6 Å². The minimum atomic E-state index is -0.928. The first-order valence-corrected chi connectivity index (χ1v) is 8.35. The summed E-state index contributed by atoms with van der Waals surface area (Å²) in [4.78, 5) is 45.3. The van der Waals surface area contributed by atoms with Crippen LogP contribution in [-0.4, -0.2) is 17.9 Å². The molecular formula is C20H20O6. The summed E-state index contributed by atoms with van der Waals surface area (Å²) in [5, 5.41) is 0. The summed E-state index contributed by atoms with van der Waals surface area (Å²) in [6.07, 6.45) is 1.27. The molecule has 0 saturated carbocycles. The molecule has 0 atom stereocenters. The van der Waals surface area contributed by atoms with E-state index in [9.17, 15) is 14.4 Å². The number of carbonyl (C=O) groups is 3.